The minimum Gasteiger partial charge on any atom is -0.364 e. The van der Waals surface area contributed by atoms with Gasteiger partial charge in [-0.1, -0.05) is 23.8 Å². The van der Waals surface area contributed by atoms with Crippen LogP contribution in [0.3, 0.4) is 0 Å². The minimum atomic E-state index is -0.337. The molecule has 0 aromatic rings. The van der Waals surface area contributed by atoms with E-state index in [1.807, 2.05) is 6.08 Å². The standard InChI is InChI=1S/C13H13ClFNO/c1-8(17)5-9-7-16-13-6-11(14)12(15)4-2-3-10(9)13/h2-3,6-7,10,16H,4-5H2,1H3/b3-2?,12-11-,13-6+. The molecule has 1 heterocycles. The first-order valence-electron chi connectivity index (χ1n) is 5.45. The van der Waals surface area contributed by atoms with Crippen LogP contribution >= 0.6 is 11.6 Å². The number of nitrogens with one attached hydrogen (secondary N) is 1. The molecule has 1 atom stereocenters. The van der Waals surface area contributed by atoms with Crippen LogP contribution in [0.1, 0.15) is 19.8 Å². The summed E-state index contributed by atoms with van der Waals surface area (Å²) in [4.78, 5) is 11.1. The van der Waals surface area contributed by atoms with E-state index >= 15 is 0 Å². The Kier molecular flexibility index (Phi) is 3.48. The van der Waals surface area contributed by atoms with Crippen molar-refractivity contribution in [1.29, 1.82) is 0 Å². The van der Waals surface area contributed by atoms with Crippen molar-refractivity contribution in [3.63, 3.8) is 0 Å². The van der Waals surface area contributed by atoms with Gasteiger partial charge in [0.25, 0.3) is 0 Å². The summed E-state index contributed by atoms with van der Waals surface area (Å²) in [5.41, 5.74) is 1.81. The SMILES string of the molecule is CC(=O)CC1=CN/C2=C/C(Cl)=C(/F)CC=CC12. The summed E-state index contributed by atoms with van der Waals surface area (Å²) < 4.78 is 13.3. The van der Waals surface area contributed by atoms with E-state index in [4.69, 9.17) is 11.6 Å². The fraction of sp³-hybridized carbons (Fsp3) is 0.308. The highest BCUT2D eigenvalue weighted by Gasteiger charge is 2.24. The summed E-state index contributed by atoms with van der Waals surface area (Å²) in [7, 11) is 0. The van der Waals surface area contributed by atoms with Crippen LogP contribution in [0, 0.1) is 5.92 Å². The van der Waals surface area contributed by atoms with Crippen molar-refractivity contribution >= 4 is 17.4 Å². The van der Waals surface area contributed by atoms with Gasteiger partial charge in [0, 0.05) is 30.7 Å². The first-order valence-corrected chi connectivity index (χ1v) is 5.83. The monoisotopic (exact) mass is 253 g/mol. The van der Waals surface area contributed by atoms with Gasteiger partial charge < -0.3 is 5.32 Å². The van der Waals surface area contributed by atoms with Gasteiger partial charge in [-0.2, -0.15) is 0 Å². The predicted molar refractivity (Wildman–Crippen MR) is 65.8 cm³/mol. The summed E-state index contributed by atoms with van der Waals surface area (Å²) in [6.45, 7) is 1.56. The maximum absolute atomic E-state index is 13.3. The Morgan fingerprint density at radius 2 is 2.41 bits per heavy atom. The summed E-state index contributed by atoms with van der Waals surface area (Å²) >= 11 is 5.83. The largest absolute Gasteiger partial charge is 0.364 e. The van der Waals surface area contributed by atoms with Gasteiger partial charge in [-0.25, -0.2) is 4.39 Å². The average molecular weight is 254 g/mol. The Morgan fingerprint density at radius 3 is 3.12 bits per heavy atom. The summed E-state index contributed by atoms with van der Waals surface area (Å²) in [6, 6.07) is 0. The Bertz CT molecular complexity index is 474. The lowest BCUT2D eigenvalue weighted by Crippen LogP contribution is -2.08. The van der Waals surface area contributed by atoms with Gasteiger partial charge >= 0.3 is 0 Å². The molecule has 2 nitrogen and oxygen atoms in total. The van der Waals surface area contributed by atoms with E-state index in [2.05, 4.69) is 5.32 Å². The molecule has 0 radical (unpaired) electrons. The summed E-state index contributed by atoms with van der Waals surface area (Å²) in [5, 5.41) is 3.17. The van der Waals surface area contributed by atoms with Crippen LogP contribution in [0.5, 0.6) is 0 Å². The predicted octanol–water partition coefficient (Wildman–Crippen LogP) is 3.33. The van der Waals surface area contributed by atoms with Gasteiger partial charge in [-0.3, -0.25) is 4.79 Å². The number of Topliss-reactive ketones (excluding diaryl/α,β-unsaturated/α-hetero) is 1. The molecule has 0 saturated carbocycles. The molecule has 0 fully saturated rings. The van der Waals surface area contributed by atoms with Gasteiger partial charge in [-0.15, -0.1) is 0 Å². The van der Waals surface area contributed by atoms with Crippen molar-refractivity contribution in [2.45, 2.75) is 19.8 Å². The van der Waals surface area contributed by atoms with E-state index in [1.54, 1.807) is 25.3 Å². The molecule has 1 aliphatic heterocycles. The second-order valence-electron chi connectivity index (χ2n) is 4.20. The van der Waals surface area contributed by atoms with Crippen LogP contribution in [-0.4, -0.2) is 5.78 Å². The second-order valence-corrected chi connectivity index (χ2v) is 4.61. The Hall–Kier alpha value is -1.35. The maximum atomic E-state index is 13.3. The molecule has 2 rings (SSSR count). The molecule has 2 aliphatic rings. The van der Waals surface area contributed by atoms with Crippen LogP contribution in [0.4, 0.5) is 4.39 Å². The highest BCUT2D eigenvalue weighted by molar-refractivity contribution is 6.31. The highest BCUT2D eigenvalue weighted by Crippen LogP contribution is 2.32. The van der Waals surface area contributed by atoms with Crippen LogP contribution in [-0.2, 0) is 4.79 Å². The molecule has 0 bridgehead atoms. The summed E-state index contributed by atoms with van der Waals surface area (Å²) in [6.07, 6.45) is 7.65. The van der Waals surface area contributed by atoms with Gasteiger partial charge in [0.2, 0.25) is 0 Å². The van der Waals surface area contributed by atoms with E-state index < -0.39 is 0 Å². The van der Waals surface area contributed by atoms with Crippen molar-refractivity contribution in [2.24, 2.45) is 5.92 Å². The molecule has 1 N–H and O–H groups in total. The molecule has 0 spiro atoms. The number of carbonyl (C=O) groups excluding carboxylic acids is 1. The molecule has 4 heteroatoms. The summed E-state index contributed by atoms with van der Waals surface area (Å²) in [5.74, 6) is -0.209. The average Bonchev–Trinajstić information content (AvgIpc) is 2.58. The normalized spacial score (nSPS) is 30.6. The Morgan fingerprint density at radius 1 is 1.65 bits per heavy atom. The third kappa shape index (κ3) is 2.67. The third-order valence-electron chi connectivity index (χ3n) is 2.78. The lowest BCUT2D eigenvalue weighted by molar-refractivity contribution is -0.116. The van der Waals surface area contributed by atoms with Crippen molar-refractivity contribution in [2.75, 3.05) is 0 Å². The molecule has 0 amide bonds. The van der Waals surface area contributed by atoms with E-state index in [-0.39, 0.29) is 29.0 Å². The number of fused-ring (bicyclic) bond motifs is 1. The van der Waals surface area contributed by atoms with Crippen LogP contribution < -0.4 is 5.32 Å². The van der Waals surface area contributed by atoms with Gasteiger partial charge in [0.05, 0.1) is 5.03 Å². The van der Waals surface area contributed by atoms with Gasteiger partial charge in [0.1, 0.15) is 11.6 Å². The van der Waals surface area contributed by atoms with Crippen LogP contribution in [0.25, 0.3) is 0 Å². The number of carbonyl (C=O) groups is 1. The van der Waals surface area contributed by atoms with E-state index in [0.29, 0.717) is 6.42 Å². The zero-order valence-corrected chi connectivity index (χ0v) is 10.2. The van der Waals surface area contributed by atoms with Crippen molar-refractivity contribution < 1.29 is 9.18 Å². The first kappa shape index (κ1) is 12.1. The Balaban J connectivity index is 2.29. The van der Waals surface area contributed by atoms with Crippen LogP contribution in [0.15, 0.2) is 46.6 Å². The fourth-order valence-corrected chi connectivity index (χ4v) is 2.18. The number of halogens is 2. The molecular weight excluding hydrogens is 241 g/mol. The topological polar surface area (TPSA) is 29.1 Å². The molecule has 0 aromatic carbocycles. The second kappa shape index (κ2) is 4.88. The van der Waals surface area contributed by atoms with Crippen molar-refractivity contribution in [3.8, 4) is 0 Å². The van der Waals surface area contributed by atoms with E-state index in [0.717, 1.165) is 11.3 Å². The third-order valence-corrected chi connectivity index (χ3v) is 3.09. The lowest BCUT2D eigenvalue weighted by atomic mass is 9.93. The molecule has 0 aromatic heterocycles. The number of allylic oxidation sites excluding steroid dienone is 5. The zero-order valence-electron chi connectivity index (χ0n) is 9.47. The number of hydrogen-bond acceptors (Lipinski definition) is 2. The molecule has 1 aliphatic carbocycles. The Labute approximate surface area is 105 Å². The van der Waals surface area contributed by atoms with Crippen molar-refractivity contribution in [3.05, 3.63) is 46.6 Å². The molecule has 90 valence electrons. The smallest absolute Gasteiger partial charge is 0.133 e. The minimum absolute atomic E-state index is 0.0146. The van der Waals surface area contributed by atoms with Gasteiger partial charge in [0.15, 0.2) is 0 Å². The number of rotatable bonds is 2. The van der Waals surface area contributed by atoms with Crippen molar-refractivity contribution in [1.82, 2.24) is 5.32 Å². The molecular formula is C13H13ClFNO. The lowest BCUT2D eigenvalue weighted by Gasteiger charge is -2.13. The zero-order chi connectivity index (χ0) is 12.4. The van der Waals surface area contributed by atoms with Gasteiger partial charge in [-0.05, 0) is 18.6 Å². The molecule has 0 saturated heterocycles. The number of hydrogen-bond donors (Lipinski definition) is 1. The van der Waals surface area contributed by atoms with E-state index in [1.165, 1.54) is 0 Å². The molecule has 1 unspecified atom stereocenters. The first-order chi connectivity index (χ1) is 8.08. The number of ketones is 1. The highest BCUT2D eigenvalue weighted by atomic mass is 35.5. The maximum Gasteiger partial charge on any atom is 0.133 e. The van der Waals surface area contributed by atoms with Crippen LogP contribution in [0.2, 0.25) is 0 Å². The fourth-order valence-electron chi connectivity index (χ4n) is 1.98. The molecule has 17 heavy (non-hydrogen) atoms. The van der Waals surface area contributed by atoms with E-state index in [9.17, 15) is 9.18 Å². The quantitative estimate of drug-likeness (QED) is 0.765.